The minimum absolute atomic E-state index is 0.277. The van der Waals surface area contributed by atoms with Crippen LogP contribution in [0.3, 0.4) is 0 Å². The van der Waals surface area contributed by atoms with Crippen LogP contribution in [0.15, 0.2) is 18.3 Å². The molecule has 0 amide bonds. The van der Waals surface area contributed by atoms with Gasteiger partial charge in [0.05, 0.1) is 6.61 Å². The van der Waals surface area contributed by atoms with Crippen LogP contribution in [0, 0.1) is 0 Å². The summed E-state index contributed by atoms with van der Waals surface area (Å²) in [4.78, 5) is 24.0. The maximum atomic E-state index is 12.2. The fraction of sp³-hybridized carbons (Fsp3) is 0.667. The number of hydrogen-bond donors (Lipinski definition) is 0. The molecule has 2 fully saturated rings. The van der Waals surface area contributed by atoms with Gasteiger partial charge in [-0.1, -0.05) is 6.92 Å². The minimum atomic E-state index is -0.277. The maximum absolute atomic E-state index is 12.2. The van der Waals surface area contributed by atoms with Crippen molar-refractivity contribution in [2.45, 2.75) is 26.3 Å². The molecule has 3 heterocycles. The number of pyridine rings is 1. The molecule has 0 saturated carbocycles. The van der Waals surface area contributed by atoms with E-state index in [9.17, 15) is 4.79 Å². The minimum Gasteiger partial charge on any atom is -0.462 e. The summed E-state index contributed by atoms with van der Waals surface area (Å²) in [7, 11) is 0. The van der Waals surface area contributed by atoms with Crippen molar-refractivity contribution in [1.29, 1.82) is 0 Å². The van der Waals surface area contributed by atoms with Crippen molar-refractivity contribution in [2.24, 2.45) is 0 Å². The van der Waals surface area contributed by atoms with Crippen molar-refractivity contribution in [3.63, 3.8) is 0 Å². The summed E-state index contributed by atoms with van der Waals surface area (Å²) in [6.45, 7) is 12.1. The van der Waals surface area contributed by atoms with Crippen molar-refractivity contribution >= 4 is 11.8 Å². The van der Waals surface area contributed by atoms with E-state index in [0.29, 0.717) is 18.2 Å². The van der Waals surface area contributed by atoms with Crippen molar-refractivity contribution in [1.82, 2.24) is 14.8 Å². The number of nitrogens with zero attached hydrogens (tertiary/aromatic N) is 4. The van der Waals surface area contributed by atoms with E-state index < -0.39 is 0 Å². The zero-order valence-corrected chi connectivity index (χ0v) is 14.8. The lowest BCUT2D eigenvalue weighted by molar-refractivity contribution is 0.0526. The molecule has 0 N–H and O–H groups in total. The van der Waals surface area contributed by atoms with E-state index in [1.807, 2.05) is 13.0 Å². The molecule has 0 spiro atoms. The van der Waals surface area contributed by atoms with Gasteiger partial charge >= 0.3 is 5.97 Å². The lowest BCUT2D eigenvalue weighted by Crippen LogP contribution is -2.50. The Kier molecular flexibility index (Phi) is 5.68. The monoisotopic (exact) mass is 332 g/mol. The van der Waals surface area contributed by atoms with Crippen LogP contribution in [-0.2, 0) is 4.74 Å². The lowest BCUT2D eigenvalue weighted by atomic mass is 10.2. The second kappa shape index (κ2) is 7.94. The summed E-state index contributed by atoms with van der Waals surface area (Å²) < 4.78 is 5.17. The van der Waals surface area contributed by atoms with Gasteiger partial charge in [0.25, 0.3) is 0 Å². The van der Waals surface area contributed by atoms with Crippen molar-refractivity contribution in [3.05, 3.63) is 23.9 Å². The molecule has 2 aliphatic heterocycles. The summed E-state index contributed by atoms with van der Waals surface area (Å²) >= 11 is 0. The zero-order chi connectivity index (χ0) is 16.9. The summed E-state index contributed by atoms with van der Waals surface area (Å²) in [5, 5.41) is 0. The van der Waals surface area contributed by atoms with Crippen LogP contribution in [0.2, 0.25) is 0 Å². The third kappa shape index (κ3) is 3.70. The zero-order valence-electron chi connectivity index (χ0n) is 14.8. The van der Waals surface area contributed by atoms with E-state index in [-0.39, 0.29) is 5.97 Å². The van der Waals surface area contributed by atoms with Crippen LogP contribution in [-0.4, -0.2) is 79.2 Å². The smallest absolute Gasteiger partial charge is 0.341 e. The highest BCUT2D eigenvalue weighted by molar-refractivity contribution is 5.94. The highest BCUT2D eigenvalue weighted by Gasteiger charge is 2.32. The van der Waals surface area contributed by atoms with E-state index in [1.165, 1.54) is 0 Å². The van der Waals surface area contributed by atoms with Gasteiger partial charge in [0.15, 0.2) is 0 Å². The Hall–Kier alpha value is -1.66. The Balaban J connectivity index is 1.65. The molecule has 2 aliphatic rings. The standard InChI is InChI=1S/C18H28N4O2/c1-3-20-10-12-21(13-11-20)15-7-9-22(14-15)17-16(6-5-8-19-17)18(23)24-4-2/h5-6,8,15H,3-4,7,9-14H2,1-2H3. The topological polar surface area (TPSA) is 48.9 Å². The Morgan fingerprint density at radius 3 is 2.75 bits per heavy atom. The molecule has 2 saturated heterocycles. The molecule has 24 heavy (non-hydrogen) atoms. The van der Waals surface area contributed by atoms with E-state index in [1.54, 1.807) is 12.3 Å². The molecule has 3 rings (SSSR count). The predicted octanol–water partition coefficient (Wildman–Crippen LogP) is 1.47. The van der Waals surface area contributed by atoms with Crippen molar-refractivity contribution < 1.29 is 9.53 Å². The van der Waals surface area contributed by atoms with Gasteiger partial charge in [0.2, 0.25) is 0 Å². The Labute approximate surface area is 144 Å². The van der Waals surface area contributed by atoms with Crippen LogP contribution in [0.25, 0.3) is 0 Å². The second-order valence-electron chi connectivity index (χ2n) is 6.45. The number of esters is 1. The molecule has 0 bridgehead atoms. The lowest BCUT2D eigenvalue weighted by Gasteiger charge is -2.37. The molecule has 0 aliphatic carbocycles. The molecule has 6 nitrogen and oxygen atoms in total. The van der Waals surface area contributed by atoms with Gasteiger partial charge in [-0.05, 0) is 32.0 Å². The van der Waals surface area contributed by atoms with Crippen LogP contribution in [0.1, 0.15) is 30.6 Å². The molecule has 0 radical (unpaired) electrons. The second-order valence-corrected chi connectivity index (χ2v) is 6.45. The van der Waals surface area contributed by atoms with Crippen molar-refractivity contribution in [2.75, 3.05) is 57.3 Å². The third-order valence-electron chi connectivity index (χ3n) is 5.12. The maximum Gasteiger partial charge on any atom is 0.341 e. The number of piperazine rings is 1. The third-order valence-corrected chi connectivity index (χ3v) is 5.12. The number of hydrogen-bond acceptors (Lipinski definition) is 6. The molecule has 0 aromatic carbocycles. The summed E-state index contributed by atoms with van der Waals surface area (Å²) in [5.41, 5.74) is 0.579. The fourth-order valence-corrected chi connectivity index (χ4v) is 3.69. The van der Waals surface area contributed by atoms with Crippen LogP contribution >= 0.6 is 0 Å². The van der Waals surface area contributed by atoms with Gasteiger partial charge in [0, 0.05) is 51.5 Å². The largest absolute Gasteiger partial charge is 0.462 e. The number of ether oxygens (including phenoxy) is 1. The average Bonchev–Trinajstić information content (AvgIpc) is 3.12. The Morgan fingerprint density at radius 2 is 2.04 bits per heavy atom. The van der Waals surface area contributed by atoms with Crippen LogP contribution in [0.5, 0.6) is 0 Å². The highest BCUT2D eigenvalue weighted by atomic mass is 16.5. The van der Waals surface area contributed by atoms with Gasteiger partial charge in [-0.15, -0.1) is 0 Å². The molecule has 1 unspecified atom stereocenters. The summed E-state index contributed by atoms with van der Waals surface area (Å²) in [5.74, 6) is 0.492. The van der Waals surface area contributed by atoms with Gasteiger partial charge in [-0.3, -0.25) is 4.90 Å². The number of anilines is 1. The first kappa shape index (κ1) is 17.2. The summed E-state index contributed by atoms with van der Waals surface area (Å²) in [6.07, 6.45) is 2.89. The quantitative estimate of drug-likeness (QED) is 0.761. The van der Waals surface area contributed by atoms with Gasteiger partial charge in [-0.25, -0.2) is 9.78 Å². The molecule has 132 valence electrons. The number of aromatic nitrogens is 1. The number of carbonyl (C=O) groups excluding carboxylic acids is 1. The first-order valence-corrected chi connectivity index (χ1v) is 9.06. The molecule has 1 atom stereocenters. The number of rotatable bonds is 5. The van der Waals surface area contributed by atoms with Gasteiger partial charge < -0.3 is 14.5 Å². The molecular formula is C18H28N4O2. The number of likely N-dealkylation sites (N-methyl/N-ethyl adjacent to an activating group) is 1. The first-order chi connectivity index (χ1) is 11.7. The van der Waals surface area contributed by atoms with Gasteiger partial charge in [-0.2, -0.15) is 0 Å². The first-order valence-electron chi connectivity index (χ1n) is 9.06. The van der Waals surface area contributed by atoms with E-state index >= 15 is 0 Å². The Morgan fingerprint density at radius 1 is 1.25 bits per heavy atom. The predicted molar refractivity (Wildman–Crippen MR) is 94.5 cm³/mol. The Bertz CT molecular complexity index is 558. The molecule has 1 aromatic heterocycles. The molecule has 1 aromatic rings. The van der Waals surface area contributed by atoms with Crippen LogP contribution in [0.4, 0.5) is 5.82 Å². The summed E-state index contributed by atoms with van der Waals surface area (Å²) in [6, 6.07) is 4.17. The average molecular weight is 332 g/mol. The molecular weight excluding hydrogens is 304 g/mol. The SMILES string of the molecule is CCOC(=O)c1cccnc1N1CCC(N2CCN(CC)CC2)C1. The van der Waals surface area contributed by atoms with E-state index in [0.717, 1.165) is 58.1 Å². The van der Waals surface area contributed by atoms with E-state index in [2.05, 4.69) is 26.6 Å². The number of carbonyl (C=O) groups is 1. The van der Waals surface area contributed by atoms with Crippen molar-refractivity contribution in [3.8, 4) is 0 Å². The van der Waals surface area contributed by atoms with E-state index in [4.69, 9.17) is 4.74 Å². The van der Waals surface area contributed by atoms with Gasteiger partial charge in [0.1, 0.15) is 11.4 Å². The normalized spacial score (nSPS) is 22.8. The molecule has 6 heteroatoms. The highest BCUT2D eigenvalue weighted by Crippen LogP contribution is 2.25. The van der Waals surface area contributed by atoms with Crippen LogP contribution < -0.4 is 4.90 Å². The fourth-order valence-electron chi connectivity index (χ4n) is 3.69.